The Morgan fingerprint density at radius 3 is 3.00 bits per heavy atom. The molecule has 0 aromatic heterocycles. The molecule has 0 spiro atoms. The molecule has 1 aromatic carbocycles. The molecule has 1 amide bonds. The third kappa shape index (κ3) is 3.50. The van der Waals surface area contributed by atoms with E-state index in [1.165, 1.54) is 0 Å². The molecule has 0 saturated heterocycles. The minimum atomic E-state index is -0.856. The third-order valence-electron chi connectivity index (χ3n) is 3.22. The van der Waals surface area contributed by atoms with E-state index in [0.29, 0.717) is 13.2 Å². The maximum atomic E-state index is 12.2. The lowest BCUT2D eigenvalue weighted by atomic mass is 10.00. The van der Waals surface area contributed by atoms with Gasteiger partial charge in [0.2, 0.25) is 5.91 Å². The summed E-state index contributed by atoms with van der Waals surface area (Å²) in [6, 6.07) is 5.58. The van der Waals surface area contributed by atoms with Crippen molar-refractivity contribution < 1.29 is 19.4 Å². The van der Waals surface area contributed by atoms with Crippen LogP contribution in [0.4, 0.5) is 0 Å². The molecule has 1 heterocycles. The number of amides is 1. The van der Waals surface area contributed by atoms with Crippen molar-refractivity contribution in [2.24, 2.45) is 5.92 Å². The number of halogens is 1. The first-order chi connectivity index (χ1) is 9.47. The van der Waals surface area contributed by atoms with Crippen LogP contribution in [0.15, 0.2) is 22.7 Å². The lowest BCUT2D eigenvalue weighted by molar-refractivity contribution is -0.138. The maximum Gasteiger partial charge on any atom is 0.303 e. The molecule has 0 bridgehead atoms. The van der Waals surface area contributed by atoms with Crippen LogP contribution in [-0.2, 0) is 9.59 Å². The number of ether oxygens (including phenoxy) is 1. The van der Waals surface area contributed by atoms with Gasteiger partial charge in [-0.3, -0.25) is 9.59 Å². The molecule has 0 fully saturated rings. The molecule has 0 aliphatic carbocycles. The Bertz CT molecular complexity index is 532. The second kappa shape index (κ2) is 6.26. The molecule has 1 aliphatic heterocycles. The van der Waals surface area contributed by atoms with E-state index in [1.54, 1.807) is 6.92 Å². The van der Waals surface area contributed by atoms with Crippen molar-refractivity contribution in [2.45, 2.75) is 19.3 Å². The van der Waals surface area contributed by atoms with Crippen LogP contribution in [0.3, 0.4) is 0 Å². The minimum Gasteiger partial charge on any atom is -0.492 e. The fourth-order valence-electron chi connectivity index (χ4n) is 2.17. The SMILES string of the molecule is CC(CNC(=O)C1COc2ccc(Br)cc21)CC(=O)O. The number of fused-ring (bicyclic) bond motifs is 1. The van der Waals surface area contributed by atoms with Crippen molar-refractivity contribution in [1.82, 2.24) is 5.32 Å². The molecule has 1 aliphatic rings. The fraction of sp³-hybridized carbons (Fsp3) is 0.429. The van der Waals surface area contributed by atoms with Crippen LogP contribution in [0.5, 0.6) is 5.75 Å². The van der Waals surface area contributed by atoms with Gasteiger partial charge in [0.15, 0.2) is 0 Å². The van der Waals surface area contributed by atoms with E-state index in [4.69, 9.17) is 9.84 Å². The van der Waals surface area contributed by atoms with Gasteiger partial charge in [0.25, 0.3) is 0 Å². The molecular weight excluding hydrogens is 326 g/mol. The van der Waals surface area contributed by atoms with Gasteiger partial charge in [0.1, 0.15) is 18.3 Å². The van der Waals surface area contributed by atoms with Crippen molar-refractivity contribution >= 4 is 27.8 Å². The predicted octanol–water partition coefficient (Wildman–Crippen LogP) is 2.15. The topological polar surface area (TPSA) is 75.6 Å². The Morgan fingerprint density at radius 1 is 1.55 bits per heavy atom. The second-order valence-electron chi connectivity index (χ2n) is 4.99. The van der Waals surface area contributed by atoms with Crippen LogP contribution < -0.4 is 10.1 Å². The van der Waals surface area contributed by atoms with Crippen LogP contribution in [0, 0.1) is 5.92 Å². The number of carbonyl (C=O) groups excluding carboxylic acids is 1. The fourth-order valence-corrected chi connectivity index (χ4v) is 2.55. The van der Waals surface area contributed by atoms with Gasteiger partial charge in [0.05, 0.1) is 0 Å². The van der Waals surface area contributed by atoms with Crippen LogP contribution in [0.1, 0.15) is 24.8 Å². The summed E-state index contributed by atoms with van der Waals surface area (Å²) in [7, 11) is 0. The molecule has 0 saturated carbocycles. The monoisotopic (exact) mass is 341 g/mol. The van der Waals surface area contributed by atoms with Gasteiger partial charge in [-0.15, -0.1) is 0 Å². The summed E-state index contributed by atoms with van der Waals surface area (Å²) in [6.07, 6.45) is 0.0452. The minimum absolute atomic E-state index is 0.0452. The summed E-state index contributed by atoms with van der Waals surface area (Å²) in [5.74, 6) is -0.684. The quantitative estimate of drug-likeness (QED) is 0.860. The summed E-state index contributed by atoms with van der Waals surface area (Å²) in [5.41, 5.74) is 0.864. The van der Waals surface area contributed by atoms with E-state index in [1.807, 2.05) is 18.2 Å². The Morgan fingerprint density at radius 2 is 2.30 bits per heavy atom. The first-order valence-corrected chi connectivity index (χ1v) is 7.18. The van der Waals surface area contributed by atoms with Gasteiger partial charge >= 0.3 is 5.97 Å². The second-order valence-corrected chi connectivity index (χ2v) is 5.91. The van der Waals surface area contributed by atoms with Gasteiger partial charge in [-0.2, -0.15) is 0 Å². The summed E-state index contributed by atoms with van der Waals surface area (Å²) in [4.78, 5) is 22.7. The number of carboxylic acid groups (broad SMARTS) is 1. The van der Waals surface area contributed by atoms with Crippen molar-refractivity contribution in [3.8, 4) is 5.75 Å². The zero-order valence-electron chi connectivity index (χ0n) is 11.1. The number of carboxylic acids is 1. The van der Waals surface area contributed by atoms with E-state index in [9.17, 15) is 9.59 Å². The van der Waals surface area contributed by atoms with Gasteiger partial charge in [-0.25, -0.2) is 0 Å². The number of nitrogens with one attached hydrogen (secondary N) is 1. The van der Waals surface area contributed by atoms with Crippen molar-refractivity contribution in [3.05, 3.63) is 28.2 Å². The van der Waals surface area contributed by atoms with E-state index >= 15 is 0 Å². The highest BCUT2D eigenvalue weighted by Gasteiger charge is 2.30. The molecule has 2 rings (SSSR count). The summed E-state index contributed by atoms with van der Waals surface area (Å²) >= 11 is 3.38. The van der Waals surface area contributed by atoms with Crippen LogP contribution in [0.2, 0.25) is 0 Å². The number of aliphatic carboxylic acids is 1. The molecule has 1 aromatic rings. The summed E-state index contributed by atoms with van der Waals surface area (Å²) in [6.45, 7) is 2.47. The van der Waals surface area contributed by atoms with E-state index < -0.39 is 5.97 Å². The molecule has 2 N–H and O–H groups in total. The molecule has 20 heavy (non-hydrogen) atoms. The van der Waals surface area contributed by atoms with E-state index in [2.05, 4.69) is 21.2 Å². The number of rotatable bonds is 5. The average Bonchev–Trinajstić information content (AvgIpc) is 2.78. The predicted molar refractivity (Wildman–Crippen MR) is 76.8 cm³/mol. The number of carbonyl (C=O) groups is 2. The molecule has 0 radical (unpaired) electrons. The van der Waals surface area contributed by atoms with Gasteiger partial charge in [-0.05, 0) is 24.1 Å². The van der Waals surface area contributed by atoms with Gasteiger partial charge in [0, 0.05) is 23.0 Å². The number of hydrogen-bond donors (Lipinski definition) is 2. The van der Waals surface area contributed by atoms with Crippen molar-refractivity contribution in [1.29, 1.82) is 0 Å². The molecule has 2 unspecified atom stereocenters. The van der Waals surface area contributed by atoms with Crippen LogP contribution >= 0.6 is 15.9 Å². The third-order valence-corrected chi connectivity index (χ3v) is 3.71. The van der Waals surface area contributed by atoms with E-state index in [0.717, 1.165) is 15.8 Å². The Hall–Kier alpha value is -1.56. The molecule has 5 nitrogen and oxygen atoms in total. The highest BCUT2D eigenvalue weighted by atomic mass is 79.9. The van der Waals surface area contributed by atoms with Crippen LogP contribution in [-0.4, -0.2) is 30.1 Å². The largest absolute Gasteiger partial charge is 0.492 e. The zero-order valence-corrected chi connectivity index (χ0v) is 12.6. The Labute approximate surface area is 125 Å². The number of hydrogen-bond acceptors (Lipinski definition) is 3. The first-order valence-electron chi connectivity index (χ1n) is 6.39. The van der Waals surface area contributed by atoms with Crippen molar-refractivity contribution in [2.75, 3.05) is 13.2 Å². The summed E-state index contributed by atoms with van der Waals surface area (Å²) < 4.78 is 6.38. The van der Waals surface area contributed by atoms with Crippen LogP contribution in [0.25, 0.3) is 0 Å². The highest BCUT2D eigenvalue weighted by Crippen LogP contribution is 2.35. The van der Waals surface area contributed by atoms with Crippen molar-refractivity contribution in [3.63, 3.8) is 0 Å². The Balaban J connectivity index is 1.95. The standard InChI is InChI=1S/C14H16BrNO4/c1-8(4-13(17)18)6-16-14(19)11-7-20-12-3-2-9(15)5-10(11)12/h2-3,5,8,11H,4,6-7H2,1H3,(H,16,19)(H,17,18). The zero-order chi connectivity index (χ0) is 14.7. The lowest BCUT2D eigenvalue weighted by Crippen LogP contribution is -2.34. The molecular formula is C14H16BrNO4. The maximum absolute atomic E-state index is 12.2. The molecule has 6 heteroatoms. The highest BCUT2D eigenvalue weighted by molar-refractivity contribution is 9.10. The summed E-state index contributed by atoms with van der Waals surface area (Å²) in [5, 5.41) is 11.5. The smallest absolute Gasteiger partial charge is 0.303 e. The average molecular weight is 342 g/mol. The Kier molecular flexibility index (Phi) is 4.65. The van der Waals surface area contributed by atoms with E-state index in [-0.39, 0.29) is 24.2 Å². The molecule has 108 valence electrons. The van der Waals surface area contributed by atoms with Gasteiger partial charge < -0.3 is 15.2 Å². The number of benzene rings is 1. The van der Waals surface area contributed by atoms with Gasteiger partial charge in [-0.1, -0.05) is 22.9 Å². The lowest BCUT2D eigenvalue weighted by Gasteiger charge is -2.13. The first kappa shape index (κ1) is 14.8. The normalized spacial score (nSPS) is 18.0. The molecule has 2 atom stereocenters.